The molecule has 0 amide bonds. The first-order valence-electron chi connectivity index (χ1n) is 6.50. The molecule has 1 saturated carbocycles. The second-order valence-corrected chi connectivity index (χ2v) is 5.95. The van der Waals surface area contributed by atoms with Crippen LogP contribution in [-0.2, 0) is 0 Å². The third kappa shape index (κ3) is 2.47. The fourth-order valence-electron chi connectivity index (χ4n) is 2.67. The van der Waals surface area contributed by atoms with Crippen LogP contribution in [0.3, 0.4) is 0 Å². The summed E-state index contributed by atoms with van der Waals surface area (Å²) in [6.45, 7) is 0.970. The van der Waals surface area contributed by atoms with E-state index in [1.54, 1.807) is 17.7 Å². The van der Waals surface area contributed by atoms with Gasteiger partial charge in [-0.3, -0.25) is 0 Å². The summed E-state index contributed by atoms with van der Waals surface area (Å²) in [5.41, 5.74) is 7.04. The van der Waals surface area contributed by atoms with E-state index in [9.17, 15) is 0 Å². The minimum atomic E-state index is 0.387. The lowest BCUT2D eigenvalue weighted by Gasteiger charge is -2.26. The number of nitrogens with zero attached hydrogens (tertiary/aromatic N) is 2. The lowest BCUT2D eigenvalue weighted by molar-refractivity contribution is 0.335. The molecule has 0 aromatic carbocycles. The minimum absolute atomic E-state index is 0.387. The van der Waals surface area contributed by atoms with Gasteiger partial charge in [-0.15, -0.1) is 11.3 Å². The lowest BCUT2D eigenvalue weighted by Crippen LogP contribution is -2.31. The van der Waals surface area contributed by atoms with Gasteiger partial charge in [0.2, 0.25) is 0 Å². The second-order valence-electron chi connectivity index (χ2n) is 5.03. The molecule has 18 heavy (non-hydrogen) atoms. The number of rotatable bonds is 3. The number of anilines is 1. The van der Waals surface area contributed by atoms with E-state index in [-0.39, 0.29) is 0 Å². The maximum atomic E-state index is 6.02. The molecule has 1 fully saturated rings. The summed E-state index contributed by atoms with van der Waals surface area (Å²) in [5.74, 6) is 1.65. The topological polar surface area (TPSA) is 63.8 Å². The quantitative estimate of drug-likeness (QED) is 0.892. The van der Waals surface area contributed by atoms with Gasteiger partial charge in [0.1, 0.15) is 12.1 Å². The molecule has 0 saturated heterocycles. The van der Waals surface area contributed by atoms with Crippen molar-refractivity contribution in [3.63, 3.8) is 0 Å². The molecule has 96 valence electrons. The standard InChI is InChI=1S/C13H18N4S/c14-10-3-1-2-9(6-10)7-15-13-12-11(4-5-18-12)16-8-17-13/h4-5,8-10H,1-3,6-7,14H2,(H,15,16,17). The summed E-state index contributed by atoms with van der Waals surface area (Å²) in [4.78, 5) is 8.59. The number of aromatic nitrogens is 2. The molecule has 0 bridgehead atoms. The van der Waals surface area contributed by atoms with Crippen LogP contribution in [0.15, 0.2) is 17.8 Å². The van der Waals surface area contributed by atoms with Gasteiger partial charge in [0.05, 0.1) is 10.2 Å². The Balaban J connectivity index is 1.67. The Hall–Kier alpha value is -1.20. The Labute approximate surface area is 111 Å². The molecule has 2 heterocycles. The van der Waals surface area contributed by atoms with Crippen LogP contribution < -0.4 is 11.1 Å². The fraction of sp³-hybridized carbons (Fsp3) is 0.538. The largest absolute Gasteiger partial charge is 0.369 e. The number of hydrogen-bond acceptors (Lipinski definition) is 5. The summed E-state index contributed by atoms with van der Waals surface area (Å²) >= 11 is 1.69. The van der Waals surface area contributed by atoms with Crippen LogP contribution >= 0.6 is 11.3 Å². The number of nitrogens with two attached hydrogens (primary N) is 1. The SMILES string of the molecule is NC1CCCC(CNc2ncnc3ccsc23)C1. The Bertz CT molecular complexity index is 524. The summed E-state index contributed by atoms with van der Waals surface area (Å²) in [5, 5.41) is 5.52. The first-order valence-corrected chi connectivity index (χ1v) is 7.38. The van der Waals surface area contributed by atoms with Crippen molar-refractivity contribution in [3.05, 3.63) is 17.8 Å². The molecule has 0 spiro atoms. The van der Waals surface area contributed by atoms with Gasteiger partial charge in [0, 0.05) is 12.6 Å². The second kappa shape index (κ2) is 5.20. The van der Waals surface area contributed by atoms with Crippen molar-refractivity contribution < 1.29 is 0 Å². The molecule has 2 aromatic rings. The van der Waals surface area contributed by atoms with E-state index < -0.39 is 0 Å². The Kier molecular flexibility index (Phi) is 3.43. The normalized spacial score (nSPS) is 24.3. The maximum Gasteiger partial charge on any atom is 0.147 e. The van der Waals surface area contributed by atoms with Crippen molar-refractivity contribution >= 4 is 27.4 Å². The summed E-state index contributed by atoms with van der Waals surface area (Å²) in [7, 11) is 0. The zero-order valence-electron chi connectivity index (χ0n) is 10.3. The van der Waals surface area contributed by atoms with E-state index in [2.05, 4.69) is 20.7 Å². The van der Waals surface area contributed by atoms with E-state index in [0.717, 1.165) is 29.0 Å². The van der Waals surface area contributed by atoms with Gasteiger partial charge in [0.25, 0.3) is 0 Å². The van der Waals surface area contributed by atoms with Gasteiger partial charge in [-0.1, -0.05) is 6.42 Å². The molecule has 2 unspecified atom stereocenters. The fourth-order valence-corrected chi connectivity index (χ4v) is 3.48. The molecule has 0 radical (unpaired) electrons. The molecule has 2 atom stereocenters. The zero-order chi connectivity index (χ0) is 12.4. The molecule has 1 aliphatic rings. The van der Waals surface area contributed by atoms with Crippen molar-refractivity contribution in [2.45, 2.75) is 31.7 Å². The predicted octanol–water partition coefficient (Wildman–Crippen LogP) is 2.62. The highest BCUT2D eigenvalue weighted by Crippen LogP contribution is 2.27. The van der Waals surface area contributed by atoms with Crippen LogP contribution in [-0.4, -0.2) is 22.6 Å². The average Bonchev–Trinajstić information content (AvgIpc) is 2.85. The molecular formula is C13H18N4S. The van der Waals surface area contributed by atoms with Gasteiger partial charge < -0.3 is 11.1 Å². The van der Waals surface area contributed by atoms with Crippen molar-refractivity contribution in [2.75, 3.05) is 11.9 Å². The molecule has 4 nitrogen and oxygen atoms in total. The predicted molar refractivity (Wildman–Crippen MR) is 75.8 cm³/mol. The van der Waals surface area contributed by atoms with Crippen molar-refractivity contribution in [1.82, 2.24) is 9.97 Å². The van der Waals surface area contributed by atoms with Crippen molar-refractivity contribution in [3.8, 4) is 0 Å². The van der Waals surface area contributed by atoms with Gasteiger partial charge in [-0.25, -0.2) is 9.97 Å². The molecular weight excluding hydrogens is 244 g/mol. The first kappa shape index (κ1) is 11.9. The van der Waals surface area contributed by atoms with E-state index in [1.807, 2.05) is 6.07 Å². The van der Waals surface area contributed by atoms with Crippen LogP contribution in [0, 0.1) is 5.92 Å². The Morgan fingerprint density at radius 2 is 2.33 bits per heavy atom. The van der Waals surface area contributed by atoms with Crippen LogP contribution in [0.25, 0.3) is 10.2 Å². The minimum Gasteiger partial charge on any atom is -0.369 e. The summed E-state index contributed by atoms with van der Waals surface area (Å²) < 4.78 is 1.15. The zero-order valence-corrected chi connectivity index (χ0v) is 11.1. The lowest BCUT2D eigenvalue weighted by atomic mass is 9.86. The molecule has 1 aliphatic carbocycles. The maximum absolute atomic E-state index is 6.02. The average molecular weight is 262 g/mol. The highest BCUT2D eigenvalue weighted by molar-refractivity contribution is 7.17. The molecule has 3 N–H and O–H groups in total. The van der Waals surface area contributed by atoms with Crippen molar-refractivity contribution in [1.29, 1.82) is 0 Å². The Morgan fingerprint density at radius 1 is 1.39 bits per heavy atom. The van der Waals surface area contributed by atoms with E-state index in [1.165, 1.54) is 19.3 Å². The van der Waals surface area contributed by atoms with Crippen molar-refractivity contribution in [2.24, 2.45) is 11.7 Å². The summed E-state index contributed by atoms with van der Waals surface area (Å²) in [6, 6.07) is 2.42. The van der Waals surface area contributed by atoms with E-state index in [0.29, 0.717) is 12.0 Å². The van der Waals surface area contributed by atoms with Crippen LogP contribution in [0.2, 0.25) is 0 Å². The number of fused-ring (bicyclic) bond motifs is 1. The number of thiophene rings is 1. The van der Waals surface area contributed by atoms with Gasteiger partial charge in [0.15, 0.2) is 0 Å². The van der Waals surface area contributed by atoms with Crippen LogP contribution in [0.4, 0.5) is 5.82 Å². The Morgan fingerprint density at radius 3 is 3.22 bits per heavy atom. The third-order valence-electron chi connectivity index (χ3n) is 3.62. The summed E-state index contributed by atoms with van der Waals surface area (Å²) in [6.07, 6.45) is 6.47. The molecule has 5 heteroatoms. The van der Waals surface area contributed by atoms with Gasteiger partial charge in [-0.05, 0) is 36.6 Å². The highest BCUT2D eigenvalue weighted by atomic mass is 32.1. The number of nitrogens with one attached hydrogen (secondary N) is 1. The van der Waals surface area contributed by atoms with Gasteiger partial charge >= 0.3 is 0 Å². The smallest absolute Gasteiger partial charge is 0.147 e. The van der Waals surface area contributed by atoms with Crippen LogP contribution in [0.1, 0.15) is 25.7 Å². The van der Waals surface area contributed by atoms with E-state index >= 15 is 0 Å². The monoisotopic (exact) mass is 262 g/mol. The van der Waals surface area contributed by atoms with Crippen LogP contribution in [0.5, 0.6) is 0 Å². The van der Waals surface area contributed by atoms with Gasteiger partial charge in [-0.2, -0.15) is 0 Å². The molecule has 2 aromatic heterocycles. The molecule has 0 aliphatic heterocycles. The first-order chi connectivity index (χ1) is 8.83. The highest BCUT2D eigenvalue weighted by Gasteiger charge is 2.19. The third-order valence-corrected chi connectivity index (χ3v) is 4.54. The molecule has 3 rings (SSSR count). The van der Waals surface area contributed by atoms with E-state index in [4.69, 9.17) is 5.73 Å². The number of hydrogen-bond donors (Lipinski definition) is 2.